The van der Waals surface area contributed by atoms with E-state index in [1.165, 1.54) is 24.3 Å². The zero-order valence-electron chi connectivity index (χ0n) is 14.0. The molecular weight excluding hydrogens is 421 g/mol. The molecule has 0 fully saturated rings. The smallest absolute Gasteiger partial charge is 0.326 e. The molecule has 0 radical (unpaired) electrons. The molecular formula is C17H16Cl3NO4S. The SMILES string of the molecule is CCOC(=O)CN(c1cc(Cl)ccc1C)S(=O)(=O)c1cc(Cl)ccc1Cl. The van der Waals surface area contributed by atoms with Crippen LogP contribution >= 0.6 is 34.8 Å². The Hall–Kier alpha value is -1.47. The van der Waals surface area contributed by atoms with Gasteiger partial charge in [-0.15, -0.1) is 0 Å². The van der Waals surface area contributed by atoms with Gasteiger partial charge in [0.25, 0.3) is 10.0 Å². The van der Waals surface area contributed by atoms with Crippen LogP contribution in [-0.4, -0.2) is 27.5 Å². The number of sulfonamides is 1. The van der Waals surface area contributed by atoms with Crippen LogP contribution in [0.25, 0.3) is 0 Å². The maximum Gasteiger partial charge on any atom is 0.326 e. The number of aryl methyl sites for hydroxylation is 1. The van der Waals surface area contributed by atoms with Crippen molar-refractivity contribution < 1.29 is 17.9 Å². The molecule has 2 aromatic rings. The number of hydrogen-bond acceptors (Lipinski definition) is 4. The minimum atomic E-state index is -4.20. The molecule has 0 spiro atoms. The number of nitrogens with zero attached hydrogens (tertiary/aromatic N) is 1. The Kier molecular flexibility index (Phi) is 6.80. The maximum absolute atomic E-state index is 13.2. The lowest BCUT2D eigenvalue weighted by atomic mass is 10.2. The summed E-state index contributed by atoms with van der Waals surface area (Å²) in [5.74, 6) is -0.700. The highest BCUT2D eigenvalue weighted by Gasteiger charge is 2.31. The maximum atomic E-state index is 13.2. The minimum Gasteiger partial charge on any atom is -0.465 e. The number of carbonyl (C=O) groups is 1. The summed E-state index contributed by atoms with van der Waals surface area (Å²) >= 11 is 18.0. The zero-order valence-corrected chi connectivity index (χ0v) is 17.1. The molecule has 0 aromatic heterocycles. The van der Waals surface area contributed by atoms with E-state index in [-0.39, 0.29) is 27.2 Å². The van der Waals surface area contributed by atoms with Gasteiger partial charge in [0.2, 0.25) is 0 Å². The fourth-order valence-corrected chi connectivity index (χ4v) is 4.64. The second-order valence-electron chi connectivity index (χ2n) is 5.32. The number of hydrogen-bond donors (Lipinski definition) is 0. The van der Waals surface area contributed by atoms with Crippen molar-refractivity contribution >= 4 is 56.5 Å². The Labute approximate surface area is 167 Å². The summed E-state index contributed by atoms with van der Waals surface area (Å²) in [6, 6.07) is 8.84. The summed E-state index contributed by atoms with van der Waals surface area (Å²) in [5, 5.41) is 0.515. The van der Waals surface area contributed by atoms with Gasteiger partial charge in [0.05, 0.1) is 17.3 Å². The van der Waals surface area contributed by atoms with Gasteiger partial charge in [-0.1, -0.05) is 40.9 Å². The second-order valence-corrected chi connectivity index (χ2v) is 8.43. The fourth-order valence-electron chi connectivity index (χ4n) is 2.27. The zero-order chi connectivity index (χ0) is 19.5. The van der Waals surface area contributed by atoms with E-state index in [4.69, 9.17) is 39.5 Å². The van der Waals surface area contributed by atoms with Crippen LogP contribution in [0.1, 0.15) is 12.5 Å². The largest absolute Gasteiger partial charge is 0.465 e. The van der Waals surface area contributed by atoms with E-state index in [1.54, 1.807) is 26.0 Å². The molecule has 2 rings (SSSR count). The third-order valence-corrected chi connectivity index (χ3v) is 6.19. The van der Waals surface area contributed by atoms with Crippen molar-refractivity contribution in [2.45, 2.75) is 18.7 Å². The van der Waals surface area contributed by atoms with Crippen molar-refractivity contribution in [2.75, 3.05) is 17.5 Å². The van der Waals surface area contributed by atoms with Gasteiger partial charge in [-0.25, -0.2) is 8.42 Å². The van der Waals surface area contributed by atoms with E-state index >= 15 is 0 Å². The molecule has 0 amide bonds. The molecule has 5 nitrogen and oxygen atoms in total. The van der Waals surface area contributed by atoms with E-state index in [9.17, 15) is 13.2 Å². The average molecular weight is 437 g/mol. The molecule has 9 heteroatoms. The van der Waals surface area contributed by atoms with Gasteiger partial charge in [-0.2, -0.15) is 0 Å². The van der Waals surface area contributed by atoms with Crippen molar-refractivity contribution in [3.63, 3.8) is 0 Å². The fraction of sp³-hybridized carbons (Fsp3) is 0.235. The van der Waals surface area contributed by atoms with Crippen LogP contribution < -0.4 is 4.31 Å². The monoisotopic (exact) mass is 435 g/mol. The molecule has 0 atom stereocenters. The number of benzene rings is 2. The number of anilines is 1. The Balaban J connectivity index is 2.64. The first-order valence-corrected chi connectivity index (χ1v) is 10.1. The summed E-state index contributed by atoms with van der Waals surface area (Å²) in [5.41, 5.74) is 0.863. The molecule has 0 saturated carbocycles. The molecule has 0 aliphatic carbocycles. The van der Waals surface area contributed by atoms with Crippen molar-refractivity contribution in [3.8, 4) is 0 Å². The Bertz CT molecular complexity index is 932. The molecule has 140 valence electrons. The molecule has 0 bridgehead atoms. The number of ether oxygens (including phenoxy) is 1. The Morgan fingerprint density at radius 1 is 1.08 bits per heavy atom. The molecule has 0 aliphatic heterocycles. The van der Waals surface area contributed by atoms with Gasteiger partial charge in [0.1, 0.15) is 11.4 Å². The van der Waals surface area contributed by atoms with Crippen LogP contribution in [0.3, 0.4) is 0 Å². The summed E-state index contributed by atoms with van der Waals surface area (Å²) < 4.78 is 32.3. The standard InChI is InChI=1S/C17H16Cl3NO4S/c1-3-25-17(22)10-21(15-8-12(18)5-4-11(15)2)26(23,24)16-9-13(19)6-7-14(16)20/h4-9H,3,10H2,1-2H3. The van der Waals surface area contributed by atoms with E-state index in [0.29, 0.717) is 10.6 Å². The highest BCUT2D eigenvalue weighted by atomic mass is 35.5. The second kappa shape index (κ2) is 8.48. The van der Waals surface area contributed by atoms with E-state index < -0.39 is 22.5 Å². The Morgan fingerprint density at radius 3 is 2.35 bits per heavy atom. The van der Waals surface area contributed by atoms with E-state index in [1.807, 2.05) is 0 Å². The van der Waals surface area contributed by atoms with Crippen LogP contribution in [-0.2, 0) is 19.6 Å². The normalized spacial score (nSPS) is 11.3. The minimum absolute atomic E-state index is 0.0112. The highest BCUT2D eigenvalue weighted by molar-refractivity contribution is 7.93. The van der Waals surface area contributed by atoms with Crippen molar-refractivity contribution in [1.82, 2.24) is 0 Å². The predicted molar refractivity (Wildman–Crippen MR) is 104 cm³/mol. The quantitative estimate of drug-likeness (QED) is 0.615. The van der Waals surface area contributed by atoms with E-state index in [2.05, 4.69) is 0 Å². The number of carbonyl (C=O) groups excluding carboxylic acids is 1. The lowest BCUT2D eigenvalue weighted by Crippen LogP contribution is -2.37. The Morgan fingerprint density at radius 2 is 1.69 bits per heavy atom. The summed E-state index contributed by atoms with van der Waals surface area (Å²) in [6.07, 6.45) is 0. The number of halogens is 3. The van der Waals surface area contributed by atoms with Crippen molar-refractivity contribution in [3.05, 3.63) is 57.0 Å². The van der Waals surface area contributed by atoms with Crippen LogP contribution in [0, 0.1) is 6.92 Å². The summed E-state index contributed by atoms with van der Waals surface area (Å²) in [7, 11) is -4.20. The van der Waals surface area contributed by atoms with Gasteiger partial charge < -0.3 is 4.74 Å². The van der Waals surface area contributed by atoms with Gasteiger partial charge in [0, 0.05) is 10.0 Å². The predicted octanol–water partition coefficient (Wildman–Crippen LogP) is 4.71. The van der Waals surface area contributed by atoms with Gasteiger partial charge in [-0.05, 0) is 49.7 Å². The molecule has 0 unspecified atom stereocenters. The molecule has 0 aliphatic rings. The van der Waals surface area contributed by atoms with Crippen LogP contribution in [0.5, 0.6) is 0 Å². The molecule has 26 heavy (non-hydrogen) atoms. The molecule has 0 heterocycles. The number of rotatable bonds is 6. The molecule has 0 saturated heterocycles. The van der Waals surface area contributed by atoms with Gasteiger partial charge in [0.15, 0.2) is 0 Å². The first-order chi connectivity index (χ1) is 12.2. The van der Waals surface area contributed by atoms with Crippen molar-refractivity contribution in [1.29, 1.82) is 0 Å². The van der Waals surface area contributed by atoms with Gasteiger partial charge in [-0.3, -0.25) is 9.10 Å². The van der Waals surface area contributed by atoms with Crippen LogP contribution in [0.2, 0.25) is 15.1 Å². The lowest BCUT2D eigenvalue weighted by molar-refractivity contribution is -0.141. The molecule has 0 N–H and O–H groups in total. The van der Waals surface area contributed by atoms with E-state index in [0.717, 1.165) is 4.31 Å². The average Bonchev–Trinajstić information content (AvgIpc) is 2.57. The van der Waals surface area contributed by atoms with Gasteiger partial charge >= 0.3 is 5.97 Å². The highest BCUT2D eigenvalue weighted by Crippen LogP contribution is 2.33. The molecule has 2 aromatic carbocycles. The third-order valence-electron chi connectivity index (χ3n) is 3.48. The third kappa shape index (κ3) is 4.62. The van der Waals surface area contributed by atoms with Crippen LogP contribution in [0.4, 0.5) is 5.69 Å². The first kappa shape index (κ1) is 20.8. The van der Waals surface area contributed by atoms with Crippen molar-refractivity contribution in [2.24, 2.45) is 0 Å². The lowest BCUT2D eigenvalue weighted by Gasteiger charge is -2.25. The topological polar surface area (TPSA) is 63.7 Å². The first-order valence-electron chi connectivity index (χ1n) is 7.56. The summed E-state index contributed by atoms with van der Waals surface area (Å²) in [6.45, 7) is 2.94. The van der Waals surface area contributed by atoms with Crippen LogP contribution in [0.15, 0.2) is 41.3 Å². The summed E-state index contributed by atoms with van der Waals surface area (Å²) in [4.78, 5) is 11.8. The number of esters is 1.